The molecule has 0 rings (SSSR count). The van der Waals surface area contributed by atoms with Gasteiger partial charge >= 0.3 is 0 Å². The molecule has 1 heteroatoms. The lowest BCUT2D eigenvalue weighted by Gasteiger charge is -1.48. The van der Waals surface area contributed by atoms with Crippen LogP contribution in [-0.4, -0.2) is 0 Å². The molecule has 0 aliphatic heterocycles. The zero-order chi connectivity index (χ0) is 6.12. The maximum absolute atomic E-state index is 5.01. The van der Waals surface area contributed by atoms with Gasteiger partial charge in [-0.1, -0.05) is 37.9 Å². The number of rotatable bonds is 0. The summed E-state index contributed by atoms with van der Waals surface area (Å²) in [5.74, 6) is 0. The van der Waals surface area contributed by atoms with Crippen LogP contribution < -0.4 is 0 Å². The summed E-state index contributed by atoms with van der Waals surface area (Å²) in [7, 11) is 0. The van der Waals surface area contributed by atoms with Crippen molar-refractivity contribution in [3.8, 4) is 0 Å². The monoisotopic (exact) mass is 122 g/mol. The number of hydrogen-bond donors (Lipinski definition) is 0. The lowest BCUT2D eigenvalue weighted by Crippen LogP contribution is -1.27. The normalized spacial score (nSPS) is 8.00. The lowest BCUT2D eigenvalue weighted by atomic mass is 10.6. The van der Waals surface area contributed by atoms with Crippen molar-refractivity contribution in [2.75, 3.05) is 0 Å². The second-order valence-electron chi connectivity index (χ2n) is 1.17. The Morgan fingerprint density at radius 3 is 1.71 bits per heavy atom. The fourth-order valence-corrected chi connectivity index (χ4v) is 0. The van der Waals surface area contributed by atoms with E-state index in [1.807, 2.05) is 6.92 Å². The van der Waals surface area contributed by atoms with Gasteiger partial charge in [0.15, 0.2) is 0 Å². The molecule has 7 heavy (non-hydrogen) atoms. The summed E-state index contributed by atoms with van der Waals surface area (Å²) in [4.78, 5) is 0. The molecule has 0 aliphatic carbocycles. The van der Waals surface area contributed by atoms with Crippen molar-refractivity contribution in [3.05, 3.63) is 11.6 Å². The Hall–Kier alpha value is 0.0300. The van der Waals surface area contributed by atoms with Crippen LogP contribution in [0.1, 0.15) is 28.6 Å². The van der Waals surface area contributed by atoms with Crippen LogP contribution in [0.15, 0.2) is 11.6 Å². The Bertz CT molecular complexity index is 31.5. The van der Waals surface area contributed by atoms with Crippen LogP contribution in [-0.2, 0) is 0 Å². The minimum absolute atomic E-state index is 0. The van der Waals surface area contributed by atoms with E-state index >= 15 is 0 Å². The predicted octanol–water partition coefficient (Wildman–Crippen LogP) is 3.42. The van der Waals surface area contributed by atoms with Crippen LogP contribution in [0.3, 0.4) is 0 Å². The molecule has 0 saturated heterocycles. The van der Waals surface area contributed by atoms with Gasteiger partial charge in [-0.15, -0.1) is 0 Å². The van der Waals surface area contributed by atoms with Gasteiger partial charge < -0.3 is 0 Å². The average molecular weight is 123 g/mol. The third kappa shape index (κ3) is 92.3. The molecule has 0 fully saturated rings. The molecule has 0 amide bonds. The Morgan fingerprint density at radius 2 is 1.71 bits per heavy atom. The second kappa shape index (κ2) is 16.6. The van der Waals surface area contributed by atoms with E-state index in [4.69, 9.17) is 11.6 Å². The molecule has 0 aromatic carbocycles. The summed E-state index contributed by atoms with van der Waals surface area (Å²) in [5, 5.41) is 0. The van der Waals surface area contributed by atoms with Crippen molar-refractivity contribution >= 4 is 11.6 Å². The van der Waals surface area contributed by atoms with Crippen LogP contribution in [0.4, 0.5) is 0 Å². The first kappa shape index (κ1) is 10.1. The van der Waals surface area contributed by atoms with E-state index in [1.165, 1.54) is 12.0 Å². The third-order valence-corrected chi connectivity index (χ3v) is 0.378. The van der Waals surface area contributed by atoms with E-state index in [0.29, 0.717) is 0 Å². The predicted molar refractivity (Wildman–Crippen MR) is 38.7 cm³/mol. The van der Waals surface area contributed by atoms with Crippen LogP contribution in [0, 0.1) is 0 Å². The molecule has 0 unspecified atom stereocenters. The summed E-state index contributed by atoms with van der Waals surface area (Å²) in [6.45, 7) is 6.12. The smallest absolute Gasteiger partial charge is 0 e. The van der Waals surface area contributed by atoms with Crippen molar-refractivity contribution in [1.82, 2.24) is 0 Å². The van der Waals surface area contributed by atoms with Crippen LogP contribution >= 0.6 is 11.6 Å². The maximum atomic E-state index is 5.01. The molecule has 46 valence electrons. The molecule has 0 heterocycles. The van der Waals surface area contributed by atoms with Gasteiger partial charge in [0.2, 0.25) is 0 Å². The van der Waals surface area contributed by atoms with E-state index in [1.54, 1.807) is 6.08 Å². The van der Waals surface area contributed by atoms with Crippen molar-refractivity contribution in [1.29, 1.82) is 0 Å². The fourth-order valence-electron chi connectivity index (χ4n) is 0. The summed E-state index contributed by atoms with van der Waals surface area (Å²) in [6, 6.07) is 0. The largest absolute Gasteiger partial charge is 0.0933 e. The maximum Gasteiger partial charge on any atom is 0 e. The highest BCUT2D eigenvalue weighted by Crippen LogP contribution is 1.70. The third-order valence-electron chi connectivity index (χ3n) is 0.126. The van der Waals surface area contributed by atoms with Gasteiger partial charge in [-0.25, -0.2) is 0 Å². The zero-order valence-corrected chi connectivity index (χ0v) is 6.00. The van der Waals surface area contributed by atoms with Crippen molar-refractivity contribution < 1.29 is 1.43 Å². The van der Waals surface area contributed by atoms with Gasteiger partial charge in [-0.05, 0) is 12.5 Å². The first-order chi connectivity index (χ1) is 3.33. The first-order valence-electron chi connectivity index (χ1n) is 2.54. The number of halogens is 1. The Balaban J connectivity index is -0.0000000575. The summed E-state index contributed by atoms with van der Waals surface area (Å²) in [6.07, 6.45) is 3.02. The summed E-state index contributed by atoms with van der Waals surface area (Å²) < 4.78 is 0. The van der Waals surface area contributed by atoms with E-state index in [0.717, 1.165) is 0 Å². The van der Waals surface area contributed by atoms with E-state index in [2.05, 4.69) is 13.8 Å². The SMILES string of the molecule is CC=CCl.CCC.[HH]. The quantitative estimate of drug-likeness (QED) is 0.462. The minimum Gasteiger partial charge on any atom is -0.0933 e. The second-order valence-corrected chi connectivity index (χ2v) is 1.42. The molecular formula is C6H15Cl. The van der Waals surface area contributed by atoms with Crippen LogP contribution in [0.2, 0.25) is 0 Å². The van der Waals surface area contributed by atoms with Gasteiger partial charge in [-0.3, -0.25) is 0 Å². The molecule has 0 atom stereocenters. The highest BCUT2D eigenvalue weighted by atomic mass is 35.5. The molecular weight excluding hydrogens is 108 g/mol. The van der Waals surface area contributed by atoms with Crippen molar-refractivity contribution in [2.24, 2.45) is 0 Å². The topological polar surface area (TPSA) is 0 Å². The molecule has 0 nitrogen and oxygen atoms in total. The summed E-state index contributed by atoms with van der Waals surface area (Å²) in [5.41, 5.74) is 1.47. The van der Waals surface area contributed by atoms with Gasteiger partial charge in [-0.2, -0.15) is 0 Å². The van der Waals surface area contributed by atoms with Gasteiger partial charge in [0.25, 0.3) is 0 Å². The zero-order valence-electron chi connectivity index (χ0n) is 5.24. The highest BCUT2D eigenvalue weighted by molar-refractivity contribution is 6.25. The molecule has 0 aromatic rings. The molecule has 0 aliphatic rings. The number of allylic oxidation sites excluding steroid dienone is 1. The van der Waals surface area contributed by atoms with Gasteiger partial charge in [0, 0.05) is 1.43 Å². The molecule has 0 N–H and O–H groups in total. The van der Waals surface area contributed by atoms with Crippen LogP contribution in [0.5, 0.6) is 0 Å². The minimum atomic E-state index is 0. The molecule has 0 saturated carbocycles. The van der Waals surface area contributed by atoms with Crippen molar-refractivity contribution in [3.63, 3.8) is 0 Å². The van der Waals surface area contributed by atoms with Gasteiger partial charge in [0.1, 0.15) is 0 Å². The Morgan fingerprint density at radius 1 is 1.57 bits per heavy atom. The highest BCUT2D eigenvalue weighted by Gasteiger charge is 1.37. The molecule has 0 spiro atoms. The van der Waals surface area contributed by atoms with E-state index < -0.39 is 0 Å². The van der Waals surface area contributed by atoms with E-state index in [9.17, 15) is 0 Å². The Labute approximate surface area is 52.7 Å². The standard InChI is InChI=1S/C3H5Cl.C3H8.H2/c1-2-3-4;1-3-2;/h2-3H,1H3;3H2,1-2H3;1H. The molecule has 0 radical (unpaired) electrons. The lowest BCUT2D eigenvalue weighted by molar-refractivity contribution is 1.09. The van der Waals surface area contributed by atoms with Gasteiger partial charge in [0.05, 0.1) is 0 Å². The number of hydrogen-bond acceptors (Lipinski definition) is 0. The molecule has 0 aromatic heterocycles. The van der Waals surface area contributed by atoms with Crippen LogP contribution in [0.25, 0.3) is 0 Å². The Kier molecular flexibility index (Phi) is 24.0. The van der Waals surface area contributed by atoms with Crippen molar-refractivity contribution in [2.45, 2.75) is 27.2 Å². The fraction of sp³-hybridized carbons (Fsp3) is 0.667. The average Bonchev–Trinajstić information content (AvgIpc) is 1.69. The summed E-state index contributed by atoms with van der Waals surface area (Å²) >= 11 is 5.01. The first-order valence-corrected chi connectivity index (χ1v) is 2.98. The van der Waals surface area contributed by atoms with E-state index in [-0.39, 0.29) is 1.43 Å². The molecule has 0 bridgehead atoms.